The van der Waals surface area contributed by atoms with Crippen LogP contribution in [0.2, 0.25) is 0 Å². The second kappa shape index (κ2) is 7.02. The van der Waals surface area contributed by atoms with Crippen molar-refractivity contribution in [1.82, 2.24) is 9.97 Å². The number of anilines is 3. The lowest BCUT2D eigenvalue weighted by Crippen LogP contribution is -2.10. The van der Waals surface area contributed by atoms with Gasteiger partial charge in [0.25, 0.3) is 0 Å². The van der Waals surface area contributed by atoms with Gasteiger partial charge in [-0.1, -0.05) is 26.8 Å². The van der Waals surface area contributed by atoms with Crippen LogP contribution in [0.15, 0.2) is 30.6 Å². The molecule has 0 fully saturated rings. The molecule has 0 aliphatic heterocycles. The summed E-state index contributed by atoms with van der Waals surface area (Å²) in [7, 11) is 0. The first-order chi connectivity index (χ1) is 10.1. The summed E-state index contributed by atoms with van der Waals surface area (Å²) in [5, 5.41) is 6.50. The van der Waals surface area contributed by atoms with E-state index in [0.717, 1.165) is 24.3 Å². The number of rotatable bonds is 6. The van der Waals surface area contributed by atoms with Crippen LogP contribution in [-0.4, -0.2) is 16.5 Å². The monoisotopic (exact) mass is 288 g/mol. The highest BCUT2D eigenvalue weighted by Crippen LogP contribution is 2.30. The van der Waals surface area contributed by atoms with Crippen LogP contribution in [0, 0.1) is 5.82 Å². The number of nitrogens with one attached hydrogen (secondary N) is 2. The van der Waals surface area contributed by atoms with Gasteiger partial charge in [0.2, 0.25) is 0 Å². The van der Waals surface area contributed by atoms with E-state index in [0.29, 0.717) is 11.5 Å². The van der Waals surface area contributed by atoms with Crippen molar-refractivity contribution in [1.29, 1.82) is 0 Å². The van der Waals surface area contributed by atoms with Gasteiger partial charge in [-0.25, -0.2) is 14.4 Å². The summed E-state index contributed by atoms with van der Waals surface area (Å²) in [5.41, 5.74) is 1.69. The normalized spacial score (nSPS) is 10.7. The van der Waals surface area contributed by atoms with Crippen LogP contribution in [0.3, 0.4) is 0 Å². The molecule has 1 heterocycles. The standard InChI is InChI=1S/C16H21FN4/c1-4-8-18-15-14(11(2)3)16(20-10-19-15)21-13-7-5-6-12(17)9-13/h5-7,9-11H,4,8H2,1-3H3,(H2,18,19,20,21). The largest absolute Gasteiger partial charge is 0.370 e. The van der Waals surface area contributed by atoms with Gasteiger partial charge in [-0.3, -0.25) is 0 Å². The number of nitrogens with zero attached hydrogens (tertiary/aromatic N) is 2. The summed E-state index contributed by atoms with van der Waals surface area (Å²) < 4.78 is 13.3. The lowest BCUT2D eigenvalue weighted by Gasteiger charge is -2.17. The Morgan fingerprint density at radius 3 is 2.62 bits per heavy atom. The van der Waals surface area contributed by atoms with E-state index in [4.69, 9.17) is 0 Å². The molecule has 0 spiro atoms. The van der Waals surface area contributed by atoms with Crippen LogP contribution < -0.4 is 10.6 Å². The number of hydrogen-bond acceptors (Lipinski definition) is 4. The molecule has 1 aromatic carbocycles. The molecule has 21 heavy (non-hydrogen) atoms. The van der Waals surface area contributed by atoms with Gasteiger partial charge in [0.1, 0.15) is 23.8 Å². The molecule has 1 aromatic heterocycles. The van der Waals surface area contributed by atoms with Gasteiger partial charge >= 0.3 is 0 Å². The molecule has 2 aromatic rings. The van der Waals surface area contributed by atoms with E-state index in [9.17, 15) is 4.39 Å². The Morgan fingerprint density at radius 2 is 1.95 bits per heavy atom. The molecule has 4 nitrogen and oxygen atoms in total. The molecule has 0 radical (unpaired) electrons. The summed E-state index contributed by atoms with van der Waals surface area (Å²) >= 11 is 0. The van der Waals surface area contributed by atoms with Crippen molar-refractivity contribution in [3.8, 4) is 0 Å². The third-order valence-electron chi connectivity index (χ3n) is 3.09. The average molecular weight is 288 g/mol. The van der Waals surface area contributed by atoms with Crippen LogP contribution in [0.5, 0.6) is 0 Å². The molecule has 0 amide bonds. The van der Waals surface area contributed by atoms with Gasteiger partial charge in [0.05, 0.1) is 0 Å². The van der Waals surface area contributed by atoms with Crippen molar-refractivity contribution >= 4 is 17.3 Å². The van der Waals surface area contributed by atoms with Gasteiger partial charge in [-0.2, -0.15) is 0 Å². The third-order valence-corrected chi connectivity index (χ3v) is 3.09. The molecular formula is C16H21FN4. The highest BCUT2D eigenvalue weighted by atomic mass is 19.1. The second-order valence-corrected chi connectivity index (χ2v) is 5.20. The molecule has 2 rings (SSSR count). The minimum absolute atomic E-state index is 0.251. The predicted octanol–water partition coefficient (Wildman–Crippen LogP) is 4.30. The van der Waals surface area contributed by atoms with E-state index >= 15 is 0 Å². The Morgan fingerprint density at radius 1 is 1.19 bits per heavy atom. The molecule has 0 atom stereocenters. The Bertz CT molecular complexity index is 599. The van der Waals surface area contributed by atoms with Crippen LogP contribution >= 0.6 is 0 Å². The molecular weight excluding hydrogens is 267 g/mol. The summed E-state index contributed by atoms with van der Waals surface area (Å²) in [5.74, 6) is 1.52. The van der Waals surface area contributed by atoms with Crippen molar-refractivity contribution in [3.05, 3.63) is 42.0 Å². The lowest BCUT2D eigenvalue weighted by molar-refractivity contribution is 0.628. The first-order valence-electron chi connectivity index (χ1n) is 7.23. The molecule has 0 bridgehead atoms. The zero-order chi connectivity index (χ0) is 15.2. The molecule has 0 saturated heterocycles. The van der Waals surface area contributed by atoms with E-state index in [1.165, 1.54) is 18.5 Å². The fourth-order valence-electron chi connectivity index (χ4n) is 2.13. The lowest BCUT2D eigenvalue weighted by atomic mass is 10.0. The molecule has 0 saturated carbocycles. The zero-order valence-corrected chi connectivity index (χ0v) is 12.7. The third kappa shape index (κ3) is 3.90. The predicted molar refractivity (Wildman–Crippen MR) is 84.6 cm³/mol. The second-order valence-electron chi connectivity index (χ2n) is 5.20. The van der Waals surface area contributed by atoms with Crippen LogP contribution in [0.4, 0.5) is 21.7 Å². The van der Waals surface area contributed by atoms with Crippen LogP contribution in [0.25, 0.3) is 0 Å². The van der Waals surface area contributed by atoms with Crippen LogP contribution in [0.1, 0.15) is 38.7 Å². The summed E-state index contributed by atoms with van der Waals surface area (Å²) in [4.78, 5) is 8.63. The minimum atomic E-state index is -0.274. The van der Waals surface area contributed by atoms with Crippen molar-refractivity contribution in [3.63, 3.8) is 0 Å². The topological polar surface area (TPSA) is 49.8 Å². The Hall–Kier alpha value is -2.17. The maximum absolute atomic E-state index is 13.3. The molecule has 2 N–H and O–H groups in total. The van der Waals surface area contributed by atoms with Gasteiger partial charge in [0.15, 0.2) is 0 Å². The highest BCUT2D eigenvalue weighted by Gasteiger charge is 2.15. The maximum atomic E-state index is 13.3. The van der Waals surface area contributed by atoms with Crippen molar-refractivity contribution < 1.29 is 4.39 Å². The SMILES string of the molecule is CCCNc1ncnc(Nc2cccc(F)c2)c1C(C)C. The summed E-state index contributed by atoms with van der Waals surface area (Å²) in [6.45, 7) is 7.14. The Balaban J connectivity index is 2.33. The molecule has 5 heteroatoms. The average Bonchev–Trinajstić information content (AvgIpc) is 2.45. The minimum Gasteiger partial charge on any atom is -0.370 e. The van der Waals surface area contributed by atoms with Gasteiger partial charge in [-0.05, 0) is 30.5 Å². The number of benzene rings is 1. The maximum Gasteiger partial charge on any atom is 0.139 e. The Kier molecular flexibility index (Phi) is 5.09. The molecule has 0 unspecified atom stereocenters. The quantitative estimate of drug-likeness (QED) is 0.832. The first kappa shape index (κ1) is 15.2. The van der Waals surface area contributed by atoms with E-state index in [1.54, 1.807) is 6.07 Å². The number of halogens is 1. The first-order valence-corrected chi connectivity index (χ1v) is 7.23. The highest BCUT2D eigenvalue weighted by molar-refractivity contribution is 5.65. The summed E-state index contributed by atoms with van der Waals surface area (Å²) in [6.07, 6.45) is 2.54. The molecule has 0 aliphatic rings. The molecule has 0 aliphatic carbocycles. The van der Waals surface area contributed by atoms with Gasteiger partial charge in [0, 0.05) is 17.8 Å². The summed E-state index contributed by atoms with van der Waals surface area (Å²) in [6, 6.07) is 6.35. The van der Waals surface area contributed by atoms with Gasteiger partial charge < -0.3 is 10.6 Å². The van der Waals surface area contributed by atoms with E-state index in [1.807, 2.05) is 6.07 Å². The van der Waals surface area contributed by atoms with Crippen LogP contribution in [-0.2, 0) is 0 Å². The van der Waals surface area contributed by atoms with Crippen molar-refractivity contribution in [2.45, 2.75) is 33.1 Å². The smallest absolute Gasteiger partial charge is 0.139 e. The zero-order valence-electron chi connectivity index (χ0n) is 12.7. The van der Waals surface area contributed by atoms with Gasteiger partial charge in [-0.15, -0.1) is 0 Å². The fourth-order valence-corrected chi connectivity index (χ4v) is 2.13. The van der Waals surface area contributed by atoms with Crippen molar-refractivity contribution in [2.75, 3.05) is 17.2 Å². The van der Waals surface area contributed by atoms with Crippen molar-refractivity contribution in [2.24, 2.45) is 0 Å². The fraction of sp³-hybridized carbons (Fsp3) is 0.375. The number of aromatic nitrogens is 2. The van der Waals surface area contributed by atoms with E-state index in [-0.39, 0.29) is 11.7 Å². The van der Waals surface area contributed by atoms with E-state index < -0.39 is 0 Å². The molecule has 112 valence electrons. The Labute approximate surface area is 124 Å². The van der Waals surface area contributed by atoms with E-state index in [2.05, 4.69) is 41.4 Å². The number of hydrogen-bond donors (Lipinski definition) is 2.